The Morgan fingerprint density at radius 1 is 1.67 bits per heavy atom. The van der Waals surface area contributed by atoms with Crippen molar-refractivity contribution < 1.29 is 14.3 Å². The average Bonchev–Trinajstić information content (AvgIpc) is 2.28. The number of carbonyl (C=O) groups excluding carboxylic acids is 1. The summed E-state index contributed by atoms with van der Waals surface area (Å²) in [5, 5.41) is -0.369. The number of hydrogen-bond acceptors (Lipinski definition) is 4. The fourth-order valence-electron chi connectivity index (χ4n) is 1.13. The molecule has 0 aromatic carbocycles. The van der Waals surface area contributed by atoms with Crippen LogP contribution in [0.2, 0.25) is 0 Å². The zero-order valence-electron chi connectivity index (χ0n) is 7.53. The highest BCUT2D eigenvalue weighted by Gasteiger charge is 2.37. The molecule has 0 radical (unpaired) electrons. The third kappa shape index (κ3) is 2.21. The van der Waals surface area contributed by atoms with Crippen LogP contribution in [0.15, 0.2) is 0 Å². The van der Waals surface area contributed by atoms with E-state index in [0.717, 1.165) is 0 Å². The lowest BCUT2D eigenvalue weighted by molar-refractivity contribution is -0.141. The molecule has 0 amide bonds. The maximum absolute atomic E-state index is 10.9. The molecule has 4 heteroatoms. The Kier molecular flexibility index (Phi) is 2.81. The first-order chi connectivity index (χ1) is 5.42. The fraction of sp³-hybridized carbons (Fsp3) is 0.875. The minimum Gasteiger partial charge on any atom is -0.348 e. The molecule has 0 saturated carbocycles. The minimum absolute atomic E-state index is 0.0182. The summed E-state index contributed by atoms with van der Waals surface area (Å²) in [6, 6.07) is 0. The number of ketones is 1. The quantitative estimate of drug-likeness (QED) is 0.660. The van der Waals surface area contributed by atoms with Crippen molar-refractivity contribution in [3.8, 4) is 0 Å². The molecule has 1 aliphatic rings. The second-order valence-electron chi connectivity index (χ2n) is 3.42. The van der Waals surface area contributed by atoms with Crippen LogP contribution in [0, 0.1) is 0 Å². The van der Waals surface area contributed by atoms with E-state index in [1.54, 1.807) is 0 Å². The van der Waals surface area contributed by atoms with E-state index in [2.05, 4.69) is 12.6 Å². The van der Waals surface area contributed by atoms with Crippen LogP contribution in [0.5, 0.6) is 0 Å². The molecule has 1 saturated heterocycles. The Hall–Kier alpha value is -0.0600. The molecule has 0 aliphatic carbocycles. The lowest BCUT2D eigenvalue weighted by atomic mass is 10.2. The van der Waals surface area contributed by atoms with Gasteiger partial charge in [-0.3, -0.25) is 4.79 Å². The number of Topliss-reactive ketones (excluding diaryl/α,β-unsaturated/α-hetero) is 1. The smallest absolute Gasteiger partial charge is 0.163 e. The Balaban J connectivity index is 2.52. The zero-order chi connectivity index (χ0) is 9.35. The number of ether oxygens (including phenoxy) is 2. The molecule has 1 heterocycles. The van der Waals surface area contributed by atoms with Gasteiger partial charge < -0.3 is 9.47 Å². The molecule has 12 heavy (non-hydrogen) atoms. The molecule has 3 nitrogen and oxygen atoms in total. The second-order valence-corrected chi connectivity index (χ2v) is 3.98. The van der Waals surface area contributed by atoms with Crippen LogP contribution >= 0.6 is 12.6 Å². The molecule has 1 aliphatic heterocycles. The lowest BCUT2D eigenvalue weighted by Crippen LogP contribution is -2.31. The van der Waals surface area contributed by atoms with Gasteiger partial charge in [-0.25, -0.2) is 0 Å². The second kappa shape index (κ2) is 3.36. The van der Waals surface area contributed by atoms with Crippen LogP contribution in [-0.4, -0.2) is 29.5 Å². The van der Waals surface area contributed by atoms with Crippen molar-refractivity contribution in [2.75, 3.05) is 6.61 Å². The molecule has 0 bridgehead atoms. The molecule has 2 atom stereocenters. The van der Waals surface area contributed by atoms with Gasteiger partial charge in [0.05, 0.1) is 11.9 Å². The predicted octanol–water partition coefficient (Wildman–Crippen LogP) is 1.03. The van der Waals surface area contributed by atoms with Gasteiger partial charge in [0.15, 0.2) is 5.79 Å². The minimum atomic E-state index is -0.568. The molecule has 0 spiro atoms. The third-order valence-electron chi connectivity index (χ3n) is 1.80. The summed E-state index contributed by atoms with van der Waals surface area (Å²) in [6.45, 7) is 5.61. The summed E-state index contributed by atoms with van der Waals surface area (Å²) in [5.74, 6) is -0.550. The maximum Gasteiger partial charge on any atom is 0.163 e. The van der Waals surface area contributed by atoms with Gasteiger partial charge in [0.25, 0.3) is 0 Å². The Labute approximate surface area is 77.8 Å². The lowest BCUT2D eigenvalue weighted by Gasteiger charge is -2.18. The van der Waals surface area contributed by atoms with Crippen molar-refractivity contribution in [3.05, 3.63) is 0 Å². The summed E-state index contributed by atoms with van der Waals surface area (Å²) in [7, 11) is 0. The van der Waals surface area contributed by atoms with E-state index in [9.17, 15) is 4.79 Å². The van der Waals surface area contributed by atoms with Gasteiger partial charge in [-0.15, -0.1) is 0 Å². The Morgan fingerprint density at radius 3 is 2.58 bits per heavy atom. The van der Waals surface area contributed by atoms with Crippen molar-refractivity contribution in [1.29, 1.82) is 0 Å². The first-order valence-electron chi connectivity index (χ1n) is 3.93. The van der Waals surface area contributed by atoms with Crippen LogP contribution in [-0.2, 0) is 14.3 Å². The summed E-state index contributed by atoms with van der Waals surface area (Å²) < 4.78 is 10.8. The highest BCUT2D eigenvalue weighted by molar-refractivity contribution is 7.81. The van der Waals surface area contributed by atoms with Crippen LogP contribution in [0.1, 0.15) is 20.8 Å². The monoisotopic (exact) mass is 190 g/mol. The van der Waals surface area contributed by atoms with E-state index >= 15 is 0 Å². The van der Waals surface area contributed by atoms with Gasteiger partial charge in [-0.05, 0) is 20.8 Å². The molecule has 1 rings (SSSR count). The average molecular weight is 190 g/mol. The molecule has 0 aromatic rings. The summed E-state index contributed by atoms with van der Waals surface area (Å²) in [5.41, 5.74) is 0. The van der Waals surface area contributed by atoms with E-state index in [-0.39, 0.29) is 17.1 Å². The van der Waals surface area contributed by atoms with Crippen LogP contribution < -0.4 is 0 Å². The van der Waals surface area contributed by atoms with E-state index in [0.29, 0.717) is 6.61 Å². The van der Waals surface area contributed by atoms with Crippen molar-refractivity contribution in [3.63, 3.8) is 0 Å². The van der Waals surface area contributed by atoms with Crippen molar-refractivity contribution in [2.45, 2.75) is 37.9 Å². The van der Waals surface area contributed by atoms with Crippen LogP contribution in [0.3, 0.4) is 0 Å². The number of rotatable bonds is 2. The third-order valence-corrected chi connectivity index (χ3v) is 2.50. The van der Waals surface area contributed by atoms with Crippen LogP contribution in [0.4, 0.5) is 0 Å². The van der Waals surface area contributed by atoms with Gasteiger partial charge in [0.1, 0.15) is 11.9 Å². The van der Waals surface area contributed by atoms with E-state index in [4.69, 9.17) is 9.47 Å². The van der Waals surface area contributed by atoms with Crippen LogP contribution in [0.25, 0.3) is 0 Å². The van der Waals surface area contributed by atoms with Crippen molar-refractivity contribution >= 4 is 18.4 Å². The zero-order valence-corrected chi connectivity index (χ0v) is 8.43. The van der Waals surface area contributed by atoms with Crippen molar-refractivity contribution in [2.24, 2.45) is 0 Å². The molecule has 0 aromatic heterocycles. The fourth-order valence-corrected chi connectivity index (χ4v) is 1.28. The summed E-state index contributed by atoms with van der Waals surface area (Å²) >= 11 is 4.14. The molecule has 70 valence electrons. The number of thiol groups is 1. The molecular weight excluding hydrogens is 176 g/mol. The molecule has 1 unspecified atom stereocenters. The normalized spacial score (nSPS) is 30.2. The highest BCUT2D eigenvalue weighted by Crippen LogP contribution is 2.26. The highest BCUT2D eigenvalue weighted by atomic mass is 32.1. The number of carbonyl (C=O) groups is 1. The Bertz CT molecular complexity index is 191. The molecule has 0 N–H and O–H groups in total. The van der Waals surface area contributed by atoms with E-state index in [1.165, 1.54) is 6.92 Å². The first kappa shape index (κ1) is 10.0. The van der Waals surface area contributed by atoms with Gasteiger partial charge in [0, 0.05) is 0 Å². The standard InChI is InChI=1S/C8H14O3S/c1-5(9)7(12)6-4-10-8(2,3)11-6/h6-7,12H,4H2,1-3H3/t6?,7-/m1/s1. The van der Waals surface area contributed by atoms with E-state index in [1.807, 2.05) is 13.8 Å². The summed E-state index contributed by atoms with van der Waals surface area (Å²) in [4.78, 5) is 10.9. The van der Waals surface area contributed by atoms with E-state index < -0.39 is 5.79 Å². The van der Waals surface area contributed by atoms with Crippen molar-refractivity contribution in [1.82, 2.24) is 0 Å². The van der Waals surface area contributed by atoms with Gasteiger partial charge in [-0.1, -0.05) is 0 Å². The molecular formula is C8H14O3S. The topological polar surface area (TPSA) is 35.5 Å². The molecule has 1 fully saturated rings. The predicted molar refractivity (Wildman–Crippen MR) is 48.4 cm³/mol. The first-order valence-corrected chi connectivity index (χ1v) is 4.44. The SMILES string of the molecule is CC(=O)[C@@H](S)C1COC(C)(C)O1. The Morgan fingerprint density at radius 2 is 2.25 bits per heavy atom. The van der Waals surface area contributed by atoms with Gasteiger partial charge in [-0.2, -0.15) is 12.6 Å². The largest absolute Gasteiger partial charge is 0.348 e. The number of hydrogen-bond donors (Lipinski definition) is 1. The van der Waals surface area contributed by atoms with Gasteiger partial charge >= 0.3 is 0 Å². The van der Waals surface area contributed by atoms with Gasteiger partial charge in [0.2, 0.25) is 0 Å². The summed E-state index contributed by atoms with van der Waals surface area (Å²) in [6.07, 6.45) is -0.208. The maximum atomic E-state index is 10.9.